The molecule has 1 saturated heterocycles. The number of methoxy groups -OCH3 is 1. The van der Waals surface area contributed by atoms with E-state index in [0.29, 0.717) is 56.6 Å². The van der Waals surface area contributed by atoms with Gasteiger partial charge in [-0.1, -0.05) is 48.1 Å². The van der Waals surface area contributed by atoms with Crippen molar-refractivity contribution < 1.29 is 28.6 Å². The lowest BCUT2D eigenvalue weighted by Gasteiger charge is -2.15. The van der Waals surface area contributed by atoms with Gasteiger partial charge in [0.2, 0.25) is 0 Å². The van der Waals surface area contributed by atoms with E-state index in [0.717, 1.165) is 0 Å². The number of carbonyl (C=O) groups excluding carboxylic acids is 1. The fourth-order valence-corrected chi connectivity index (χ4v) is 5.45. The van der Waals surface area contributed by atoms with Crippen molar-refractivity contribution in [3.8, 4) is 11.5 Å². The number of carbonyl (C=O) groups is 2. The molecule has 0 atom stereocenters. The average Bonchev–Trinajstić information content (AvgIpc) is 3.06. The summed E-state index contributed by atoms with van der Waals surface area (Å²) in [6.07, 6.45) is 3.76. The monoisotopic (exact) mass is 601 g/mol. The average molecular weight is 603 g/mol. The maximum absolute atomic E-state index is 14.1. The lowest BCUT2D eigenvalue weighted by Crippen LogP contribution is -2.29. The van der Waals surface area contributed by atoms with Crippen molar-refractivity contribution >= 4 is 73.8 Å². The first-order valence-corrected chi connectivity index (χ1v) is 13.0. The molecule has 1 fully saturated rings. The van der Waals surface area contributed by atoms with E-state index in [9.17, 15) is 14.0 Å². The molecule has 3 rings (SSSR count). The zero-order chi connectivity index (χ0) is 25.5. The molecule has 0 bridgehead atoms. The molecule has 35 heavy (non-hydrogen) atoms. The number of unbranched alkanes of at least 4 members (excludes halogenated alkanes) is 2. The number of halogens is 3. The van der Waals surface area contributed by atoms with Gasteiger partial charge in [-0.15, -0.1) is 0 Å². The first-order valence-electron chi connectivity index (χ1n) is 10.6. The van der Waals surface area contributed by atoms with Crippen molar-refractivity contribution in [1.82, 2.24) is 4.90 Å². The summed E-state index contributed by atoms with van der Waals surface area (Å²) in [4.78, 5) is 25.5. The Labute approximate surface area is 225 Å². The molecular formula is C24H22BrClFNO5S2. The number of hydrogen-bond donors (Lipinski definition) is 1. The highest BCUT2D eigenvalue weighted by atomic mass is 79.9. The first-order chi connectivity index (χ1) is 16.7. The van der Waals surface area contributed by atoms with E-state index in [2.05, 4.69) is 15.9 Å². The molecule has 2 aromatic rings. The molecule has 6 nitrogen and oxygen atoms in total. The number of benzene rings is 2. The van der Waals surface area contributed by atoms with Crippen LogP contribution in [-0.4, -0.2) is 39.9 Å². The van der Waals surface area contributed by atoms with Gasteiger partial charge in [0.25, 0.3) is 5.91 Å². The van der Waals surface area contributed by atoms with Crippen LogP contribution in [0.1, 0.15) is 36.8 Å². The van der Waals surface area contributed by atoms with Gasteiger partial charge in [0.05, 0.1) is 21.5 Å². The summed E-state index contributed by atoms with van der Waals surface area (Å²) >= 11 is 16.1. The van der Waals surface area contributed by atoms with Crippen LogP contribution in [0.2, 0.25) is 5.02 Å². The summed E-state index contributed by atoms with van der Waals surface area (Å²) in [6, 6.07) is 7.90. The molecule has 0 saturated carbocycles. The van der Waals surface area contributed by atoms with Crippen molar-refractivity contribution in [2.24, 2.45) is 0 Å². The maximum Gasteiger partial charge on any atom is 0.303 e. The Balaban J connectivity index is 1.71. The van der Waals surface area contributed by atoms with Gasteiger partial charge in [0.15, 0.2) is 11.5 Å². The minimum absolute atomic E-state index is 0.0923. The van der Waals surface area contributed by atoms with Crippen LogP contribution in [0.5, 0.6) is 11.5 Å². The fourth-order valence-electron chi connectivity index (χ4n) is 3.34. The van der Waals surface area contributed by atoms with Gasteiger partial charge in [0.1, 0.15) is 16.7 Å². The second-order valence-electron chi connectivity index (χ2n) is 7.56. The Kier molecular flexibility index (Phi) is 9.97. The maximum atomic E-state index is 14.1. The van der Waals surface area contributed by atoms with Crippen LogP contribution < -0.4 is 9.47 Å². The topological polar surface area (TPSA) is 76.1 Å². The van der Waals surface area contributed by atoms with Gasteiger partial charge >= 0.3 is 5.97 Å². The van der Waals surface area contributed by atoms with E-state index in [1.165, 1.54) is 35.9 Å². The van der Waals surface area contributed by atoms with Crippen LogP contribution in [0.3, 0.4) is 0 Å². The molecular weight excluding hydrogens is 581 g/mol. The summed E-state index contributed by atoms with van der Waals surface area (Å²) in [5, 5.41) is 8.99. The smallest absolute Gasteiger partial charge is 0.303 e. The van der Waals surface area contributed by atoms with Gasteiger partial charge in [-0.25, -0.2) is 4.39 Å². The van der Waals surface area contributed by atoms with E-state index in [4.69, 9.17) is 38.4 Å². The molecule has 0 aliphatic carbocycles. The summed E-state index contributed by atoms with van der Waals surface area (Å²) in [5.41, 5.74) is 0.922. The number of carboxylic acids is 1. The van der Waals surface area contributed by atoms with Crippen LogP contribution in [-0.2, 0) is 16.2 Å². The highest BCUT2D eigenvalue weighted by molar-refractivity contribution is 9.10. The third-order valence-corrected chi connectivity index (χ3v) is 7.44. The summed E-state index contributed by atoms with van der Waals surface area (Å²) in [6.45, 7) is 0.352. The van der Waals surface area contributed by atoms with Crippen molar-refractivity contribution in [3.05, 3.63) is 61.7 Å². The number of thiocarbonyl (C=S) groups is 1. The SMILES string of the molecule is COc1cc(/C=C2/SC(=S)N(CCCCCC(=O)O)C2=O)cc(Br)c1OCc1c(F)cccc1Cl. The van der Waals surface area contributed by atoms with Crippen LogP contribution >= 0.6 is 51.5 Å². The van der Waals surface area contributed by atoms with E-state index >= 15 is 0 Å². The summed E-state index contributed by atoms with van der Waals surface area (Å²) in [7, 11) is 1.48. The Hall–Kier alpha value is -2.14. The highest BCUT2D eigenvalue weighted by Crippen LogP contribution is 2.40. The second kappa shape index (κ2) is 12.7. The van der Waals surface area contributed by atoms with Crippen molar-refractivity contribution in [1.29, 1.82) is 0 Å². The fraction of sp³-hybridized carbons (Fsp3) is 0.292. The Morgan fingerprint density at radius 1 is 1.31 bits per heavy atom. The normalized spacial score (nSPS) is 14.6. The zero-order valence-electron chi connectivity index (χ0n) is 18.7. The zero-order valence-corrected chi connectivity index (χ0v) is 22.7. The summed E-state index contributed by atoms with van der Waals surface area (Å²) < 4.78 is 26.4. The molecule has 11 heteroatoms. The van der Waals surface area contributed by atoms with Crippen LogP contribution in [0, 0.1) is 5.82 Å². The van der Waals surface area contributed by atoms with Crippen LogP contribution in [0.15, 0.2) is 39.7 Å². The van der Waals surface area contributed by atoms with Crippen molar-refractivity contribution in [2.45, 2.75) is 32.3 Å². The second-order valence-corrected chi connectivity index (χ2v) is 10.5. The van der Waals surface area contributed by atoms with Gasteiger partial charge < -0.3 is 14.6 Å². The van der Waals surface area contributed by atoms with E-state index in [-0.39, 0.29) is 29.5 Å². The van der Waals surface area contributed by atoms with Gasteiger partial charge in [-0.05, 0) is 64.7 Å². The Morgan fingerprint density at radius 3 is 2.77 bits per heavy atom. The molecule has 0 aromatic heterocycles. The van der Waals surface area contributed by atoms with Crippen molar-refractivity contribution in [3.63, 3.8) is 0 Å². The van der Waals surface area contributed by atoms with Gasteiger partial charge in [0, 0.05) is 18.5 Å². The predicted molar refractivity (Wildman–Crippen MR) is 142 cm³/mol. The lowest BCUT2D eigenvalue weighted by atomic mass is 10.1. The molecule has 2 aromatic carbocycles. The number of thioether (sulfide) groups is 1. The first kappa shape index (κ1) is 27.4. The quantitative estimate of drug-likeness (QED) is 0.175. The molecule has 0 radical (unpaired) electrons. The molecule has 1 N–H and O–H groups in total. The molecule has 1 aliphatic rings. The van der Waals surface area contributed by atoms with E-state index < -0.39 is 11.8 Å². The Bertz CT molecular complexity index is 1160. The molecule has 186 valence electrons. The van der Waals surface area contributed by atoms with E-state index in [1.54, 1.807) is 24.3 Å². The number of aliphatic carboxylic acids is 1. The lowest BCUT2D eigenvalue weighted by molar-refractivity contribution is -0.137. The number of ether oxygens (including phenoxy) is 2. The van der Waals surface area contributed by atoms with Crippen LogP contribution in [0.25, 0.3) is 6.08 Å². The third-order valence-electron chi connectivity index (χ3n) is 5.12. The number of hydrogen-bond acceptors (Lipinski definition) is 6. The largest absolute Gasteiger partial charge is 0.493 e. The Morgan fingerprint density at radius 2 is 2.09 bits per heavy atom. The molecule has 0 spiro atoms. The van der Waals surface area contributed by atoms with Gasteiger partial charge in [-0.3, -0.25) is 14.5 Å². The van der Waals surface area contributed by atoms with Crippen LogP contribution in [0.4, 0.5) is 4.39 Å². The standard InChI is InChI=1S/C24H22BrClFNO5S2/c1-32-19-11-14(10-16(25)22(19)33-13-15-17(26)6-5-7-18(15)27)12-20-23(31)28(24(34)35-20)9-4-2-3-8-21(29)30/h5-7,10-12H,2-4,8-9,13H2,1H3,(H,29,30)/b20-12+. The third kappa shape index (κ3) is 7.19. The minimum atomic E-state index is -0.826. The molecule has 0 unspecified atom stereocenters. The minimum Gasteiger partial charge on any atom is -0.493 e. The summed E-state index contributed by atoms with van der Waals surface area (Å²) in [5.74, 6) is -0.714. The predicted octanol–water partition coefficient (Wildman–Crippen LogP) is 6.68. The molecule has 1 aliphatic heterocycles. The molecule has 1 amide bonds. The van der Waals surface area contributed by atoms with Crippen molar-refractivity contribution in [2.75, 3.05) is 13.7 Å². The molecule has 1 heterocycles. The van der Waals surface area contributed by atoms with Gasteiger partial charge in [-0.2, -0.15) is 0 Å². The number of amides is 1. The number of carboxylic acid groups (broad SMARTS) is 1. The number of nitrogens with zero attached hydrogens (tertiary/aromatic N) is 1. The number of rotatable bonds is 11. The highest BCUT2D eigenvalue weighted by Gasteiger charge is 2.31. The van der Waals surface area contributed by atoms with E-state index in [1.807, 2.05) is 0 Å².